The standard InChI is InChI=1S/C30H42N4O2/c1-21(2)18-27(29(35)32-22(3)24-12-8-5-9-13-24)33-17-16-26(15-14-23-10-6-4-7-11-23)34-20-25(31)19-28(34)30(33)36/h4-13,21-22,25-28H,14-20,31H2,1-3H3,(H,32,35)/t22-,25-,26?,27-,28+/m1/s1. The van der Waals surface area contributed by atoms with Crippen LogP contribution < -0.4 is 11.1 Å². The molecule has 2 aromatic rings. The third-order valence-corrected chi connectivity index (χ3v) is 7.75. The van der Waals surface area contributed by atoms with Gasteiger partial charge in [0.2, 0.25) is 11.8 Å². The molecule has 0 aliphatic carbocycles. The van der Waals surface area contributed by atoms with Gasteiger partial charge in [-0.15, -0.1) is 0 Å². The average Bonchev–Trinajstić information content (AvgIpc) is 3.21. The lowest BCUT2D eigenvalue weighted by molar-refractivity contribution is -0.143. The first-order valence-corrected chi connectivity index (χ1v) is 13.5. The summed E-state index contributed by atoms with van der Waals surface area (Å²) in [5.74, 6) is 0.294. The summed E-state index contributed by atoms with van der Waals surface area (Å²) in [5.41, 5.74) is 8.75. The number of hydrogen-bond acceptors (Lipinski definition) is 4. The van der Waals surface area contributed by atoms with E-state index in [9.17, 15) is 9.59 Å². The van der Waals surface area contributed by atoms with Gasteiger partial charge in [-0.1, -0.05) is 74.5 Å². The quantitative estimate of drug-likeness (QED) is 0.559. The van der Waals surface area contributed by atoms with E-state index in [-0.39, 0.29) is 36.0 Å². The van der Waals surface area contributed by atoms with E-state index in [1.807, 2.05) is 48.2 Å². The molecule has 2 aliphatic heterocycles. The summed E-state index contributed by atoms with van der Waals surface area (Å²) in [7, 11) is 0. The van der Waals surface area contributed by atoms with E-state index < -0.39 is 6.04 Å². The molecule has 0 radical (unpaired) electrons. The van der Waals surface area contributed by atoms with E-state index in [2.05, 4.69) is 48.3 Å². The second-order valence-electron chi connectivity index (χ2n) is 11.0. The number of nitrogens with one attached hydrogen (secondary N) is 1. The van der Waals surface area contributed by atoms with Crippen LogP contribution in [0, 0.1) is 5.92 Å². The first kappa shape index (κ1) is 26.4. The molecular weight excluding hydrogens is 448 g/mol. The molecule has 2 heterocycles. The van der Waals surface area contributed by atoms with Crippen LogP contribution in [-0.2, 0) is 16.0 Å². The third-order valence-electron chi connectivity index (χ3n) is 7.75. The van der Waals surface area contributed by atoms with Crippen molar-refractivity contribution in [1.29, 1.82) is 0 Å². The van der Waals surface area contributed by atoms with Gasteiger partial charge in [-0.25, -0.2) is 0 Å². The molecule has 2 fully saturated rings. The zero-order valence-electron chi connectivity index (χ0n) is 22.0. The summed E-state index contributed by atoms with van der Waals surface area (Å²) >= 11 is 0. The van der Waals surface area contributed by atoms with Gasteiger partial charge in [0.25, 0.3) is 0 Å². The zero-order chi connectivity index (χ0) is 25.7. The Balaban J connectivity index is 1.52. The molecule has 2 aliphatic rings. The first-order chi connectivity index (χ1) is 17.3. The summed E-state index contributed by atoms with van der Waals surface area (Å²) < 4.78 is 0. The molecule has 5 atom stereocenters. The molecule has 6 heteroatoms. The molecule has 2 saturated heterocycles. The maximum absolute atomic E-state index is 13.9. The summed E-state index contributed by atoms with van der Waals surface area (Å²) in [5, 5.41) is 3.20. The molecular formula is C30H42N4O2. The van der Waals surface area contributed by atoms with Gasteiger partial charge in [-0.3, -0.25) is 14.5 Å². The Morgan fingerprint density at radius 2 is 1.72 bits per heavy atom. The van der Waals surface area contributed by atoms with E-state index in [0.717, 1.165) is 31.4 Å². The molecule has 2 aromatic carbocycles. The van der Waals surface area contributed by atoms with Crippen LogP contribution >= 0.6 is 0 Å². The van der Waals surface area contributed by atoms with Crippen molar-refractivity contribution in [2.24, 2.45) is 11.7 Å². The molecule has 0 spiro atoms. The van der Waals surface area contributed by atoms with Crippen LogP contribution in [0.25, 0.3) is 0 Å². The van der Waals surface area contributed by atoms with E-state index in [1.165, 1.54) is 5.56 Å². The highest BCUT2D eigenvalue weighted by atomic mass is 16.2. The van der Waals surface area contributed by atoms with Gasteiger partial charge in [0.05, 0.1) is 12.1 Å². The normalized spacial score (nSPS) is 24.3. The Morgan fingerprint density at radius 1 is 1.06 bits per heavy atom. The number of carbonyl (C=O) groups is 2. The van der Waals surface area contributed by atoms with Gasteiger partial charge >= 0.3 is 0 Å². The highest BCUT2D eigenvalue weighted by Crippen LogP contribution is 2.30. The van der Waals surface area contributed by atoms with Crippen molar-refractivity contribution in [3.63, 3.8) is 0 Å². The van der Waals surface area contributed by atoms with E-state index in [0.29, 0.717) is 25.3 Å². The maximum atomic E-state index is 13.9. The van der Waals surface area contributed by atoms with Crippen molar-refractivity contribution in [1.82, 2.24) is 15.1 Å². The minimum atomic E-state index is -0.477. The number of fused-ring (bicyclic) bond motifs is 1. The Hall–Kier alpha value is -2.70. The molecule has 194 valence electrons. The Kier molecular flexibility index (Phi) is 8.81. The van der Waals surface area contributed by atoms with Crippen LogP contribution in [0.3, 0.4) is 0 Å². The predicted molar refractivity (Wildman–Crippen MR) is 144 cm³/mol. The van der Waals surface area contributed by atoms with E-state index in [1.54, 1.807) is 0 Å². The number of benzene rings is 2. The average molecular weight is 491 g/mol. The maximum Gasteiger partial charge on any atom is 0.243 e. The van der Waals surface area contributed by atoms with Crippen LogP contribution in [0.1, 0.15) is 63.6 Å². The highest BCUT2D eigenvalue weighted by Gasteiger charge is 2.45. The molecule has 2 amide bonds. The SMILES string of the molecule is CC(C)C[C@H](C(=O)N[C@H](C)c1ccccc1)N1CCC(CCc2ccccc2)N2C[C@H](N)C[C@H]2C1=O. The third kappa shape index (κ3) is 6.34. The molecule has 4 rings (SSSR count). The summed E-state index contributed by atoms with van der Waals surface area (Å²) in [6, 6.07) is 19.9. The second kappa shape index (κ2) is 12.0. The van der Waals surface area contributed by atoms with E-state index in [4.69, 9.17) is 5.73 Å². The predicted octanol–water partition coefficient (Wildman–Crippen LogP) is 3.91. The fourth-order valence-electron chi connectivity index (χ4n) is 5.85. The fraction of sp³-hybridized carbons (Fsp3) is 0.533. The lowest BCUT2D eigenvalue weighted by Crippen LogP contribution is -2.54. The highest BCUT2D eigenvalue weighted by molar-refractivity contribution is 5.90. The molecule has 1 unspecified atom stereocenters. The molecule has 6 nitrogen and oxygen atoms in total. The summed E-state index contributed by atoms with van der Waals surface area (Å²) in [4.78, 5) is 31.8. The van der Waals surface area contributed by atoms with Crippen molar-refractivity contribution >= 4 is 11.8 Å². The Bertz CT molecular complexity index is 997. The minimum absolute atomic E-state index is 0.00592. The van der Waals surface area contributed by atoms with Crippen LogP contribution in [0.5, 0.6) is 0 Å². The number of rotatable bonds is 9. The van der Waals surface area contributed by atoms with Gasteiger partial charge in [0.15, 0.2) is 0 Å². The van der Waals surface area contributed by atoms with Gasteiger partial charge < -0.3 is 16.0 Å². The van der Waals surface area contributed by atoms with E-state index >= 15 is 0 Å². The van der Waals surface area contributed by atoms with Crippen molar-refractivity contribution in [3.8, 4) is 0 Å². The van der Waals surface area contributed by atoms with Gasteiger partial charge in [-0.2, -0.15) is 0 Å². The molecule has 3 N–H and O–H groups in total. The number of amides is 2. The van der Waals surface area contributed by atoms with Crippen LogP contribution in [-0.4, -0.2) is 58.9 Å². The van der Waals surface area contributed by atoms with Gasteiger partial charge in [0.1, 0.15) is 6.04 Å². The lowest BCUT2D eigenvalue weighted by Gasteiger charge is -2.34. The largest absolute Gasteiger partial charge is 0.348 e. The monoisotopic (exact) mass is 490 g/mol. The number of hydrogen-bond donors (Lipinski definition) is 2. The molecule has 0 saturated carbocycles. The number of aryl methyl sites for hydroxylation is 1. The van der Waals surface area contributed by atoms with Gasteiger partial charge in [0, 0.05) is 25.2 Å². The Labute approximate surface area is 216 Å². The molecule has 36 heavy (non-hydrogen) atoms. The van der Waals surface area contributed by atoms with Crippen molar-refractivity contribution < 1.29 is 9.59 Å². The molecule has 0 aromatic heterocycles. The Morgan fingerprint density at radius 3 is 2.39 bits per heavy atom. The fourth-order valence-corrected chi connectivity index (χ4v) is 5.85. The molecule has 0 bridgehead atoms. The lowest BCUT2D eigenvalue weighted by atomic mass is 9.99. The first-order valence-electron chi connectivity index (χ1n) is 13.5. The minimum Gasteiger partial charge on any atom is -0.348 e. The number of carbonyl (C=O) groups excluding carboxylic acids is 2. The van der Waals surface area contributed by atoms with Crippen molar-refractivity contribution in [2.75, 3.05) is 13.1 Å². The van der Waals surface area contributed by atoms with Crippen molar-refractivity contribution in [3.05, 3.63) is 71.8 Å². The van der Waals surface area contributed by atoms with Crippen LogP contribution in [0.2, 0.25) is 0 Å². The van der Waals surface area contributed by atoms with Gasteiger partial charge in [-0.05, 0) is 56.1 Å². The number of nitrogens with two attached hydrogens (primary N) is 1. The number of nitrogens with zero attached hydrogens (tertiary/aromatic N) is 2. The second-order valence-corrected chi connectivity index (χ2v) is 11.0. The smallest absolute Gasteiger partial charge is 0.243 e. The van der Waals surface area contributed by atoms with Crippen LogP contribution in [0.4, 0.5) is 0 Å². The van der Waals surface area contributed by atoms with Crippen molar-refractivity contribution in [2.45, 2.75) is 83.1 Å². The summed E-state index contributed by atoms with van der Waals surface area (Å²) in [6.45, 7) is 7.58. The topological polar surface area (TPSA) is 78.7 Å². The van der Waals surface area contributed by atoms with Crippen LogP contribution in [0.15, 0.2) is 60.7 Å². The summed E-state index contributed by atoms with van der Waals surface area (Å²) in [6.07, 6.45) is 4.13. The zero-order valence-corrected chi connectivity index (χ0v) is 22.0.